The molecule has 1 aromatic carbocycles. The Balaban J connectivity index is 1.55. The molecule has 0 saturated carbocycles. The van der Waals surface area contributed by atoms with Gasteiger partial charge in [0, 0.05) is 37.9 Å². The molecule has 1 saturated heterocycles. The summed E-state index contributed by atoms with van der Waals surface area (Å²) in [4.78, 5) is 16.4. The molecule has 134 valence electrons. The van der Waals surface area contributed by atoms with Crippen LogP contribution in [0.1, 0.15) is 32.1 Å². The van der Waals surface area contributed by atoms with Crippen molar-refractivity contribution in [2.75, 3.05) is 36.4 Å². The molecule has 2 aromatic rings. The van der Waals surface area contributed by atoms with Crippen LogP contribution in [0.5, 0.6) is 0 Å². The third kappa shape index (κ3) is 4.13. The molecule has 0 atom stereocenters. The molecule has 1 aliphatic heterocycles. The third-order valence-electron chi connectivity index (χ3n) is 4.53. The normalized spacial score (nSPS) is 15.4. The molecule has 6 nitrogen and oxygen atoms in total. The summed E-state index contributed by atoms with van der Waals surface area (Å²) in [5.74, 6) is 1.14. The minimum absolute atomic E-state index is 0.129. The number of carbonyl (C=O) groups excluding carboxylic acids is 1. The number of nitrogens with one attached hydrogen (secondary N) is 1. The summed E-state index contributed by atoms with van der Waals surface area (Å²) < 4.78 is 4.97. The summed E-state index contributed by atoms with van der Waals surface area (Å²) in [7, 11) is 0. The number of carbonyl (C=O) groups is 1. The van der Waals surface area contributed by atoms with Crippen LogP contribution in [0, 0.1) is 6.92 Å². The van der Waals surface area contributed by atoms with Crippen molar-refractivity contribution in [3.8, 4) is 0 Å². The average Bonchev–Trinajstić information content (AvgIpc) is 2.99. The molecule has 0 radical (unpaired) electrons. The maximum absolute atomic E-state index is 12.3. The minimum atomic E-state index is -0.129. The highest BCUT2D eigenvalue weighted by Crippen LogP contribution is 2.25. The Morgan fingerprint density at radius 1 is 1.12 bits per heavy atom. The van der Waals surface area contributed by atoms with E-state index in [4.69, 9.17) is 4.52 Å². The minimum Gasteiger partial charge on any atom is -0.368 e. The van der Waals surface area contributed by atoms with Gasteiger partial charge < -0.3 is 14.3 Å². The van der Waals surface area contributed by atoms with Crippen LogP contribution in [-0.4, -0.2) is 42.3 Å². The standard InChI is InChI=1S/C19H26N4O2/c1-14-13-17(21-25-14)20-18(24)23-11-9-22(10-12-23)16-7-5-15(6-8-16)19(2,3)4/h5-8,13H,9-12H2,1-4H3,(H,20,21,24). The first kappa shape index (κ1) is 17.3. The molecule has 0 spiro atoms. The van der Waals surface area contributed by atoms with Gasteiger partial charge in [-0.3, -0.25) is 5.32 Å². The molecule has 2 heterocycles. The number of aromatic nitrogens is 1. The van der Waals surface area contributed by atoms with Crippen LogP contribution in [0.4, 0.5) is 16.3 Å². The zero-order valence-electron chi connectivity index (χ0n) is 15.4. The smallest absolute Gasteiger partial charge is 0.323 e. The Hall–Kier alpha value is -2.50. The van der Waals surface area contributed by atoms with E-state index in [0.29, 0.717) is 24.7 Å². The molecule has 1 aliphatic rings. The number of rotatable bonds is 2. The summed E-state index contributed by atoms with van der Waals surface area (Å²) in [5, 5.41) is 6.57. The lowest BCUT2D eigenvalue weighted by molar-refractivity contribution is 0.208. The number of aryl methyl sites for hydroxylation is 1. The van der Waals surface area contributed by atoms with Gasteiger partial charge in [-0.15, -0.1) is 0 Å². The van der Waals surface area contributed by atoms with E-state index in [9.17, 15) is 4.79 Å². The number of hydrogen-bond acceptors (Lipinski definition) is 4. The van der Waals surface area contributed by atoms with Crippen molar-refractivity contribution < 1.29 is 9.32 Å². The SMILES string of the molecule is Cc1cc(NC(=O)N2CCN(c3ccc(C(C)(C)C)cc3)CC2)no1. The summed E-state index contributed by atoms with van der Waals surface area (Å²) >= 11 is 0. The Morgan fingerprint density at radius 2 is 1.76 bits per heavy atom. The van der Waals surface area contributed by atoms with Gasteiger partial charge in [-0.25, -0.2) is 4.79 Å². The fourth-order valence-electron chi connectivity index (χ4n) is 2.95. The Labute approximate surface area is 148 Å². The van der Waals surface area contributed by atoms with E-state index in [2.05, 4.69) is 60.4 Å². The second-order valence-electron chi connectivity index (χ2n) is 7.52. The number of nitrogens with zero attached hydrogens (tertiary/aromatic N) is 3. The van der Waals surface area contributed by atoms with Crippen LogP contribution >= 0.6 is 0 Å². The van der Waals surface area contributed by atoms with Gasteiger partial charge in [-0.2, -0.15) is 0 Å². The molecular formula is C19H26N4O2. The van der Waals surface area contributed by atoms with E-state index in [1.807, 2.05) is 4.90 Å². The monoisotopic (exact) mass is 342 g/mol. The molecule has 0 unspecified atom stereocenters. The van der Waals surface area contributed by atoms with Gasteiger partial charge in [0.15, 0.2) is 5.82 Å². The van der Waals surface area contributed by atoms with E-state index in [1.165, 1.54) is 11.3 Å². The van der Waals surface area contributed by atoms with Gasteiger partial charge in [0.2, 0.25) is 0 Å². The van der Waals surface area contributed by atoms with Crippen molar-refractivity contribution in [3.63, 3.8) is 0 Å². The number of benzene rings is 1. The maximum Gasteiger partial charge on any atom is 0.323 e. The van der Waals surface area contributed by atoms with Crippen molar-refractivity contribution in [1.29, 1.82) is 0 Å². The van der Waals surface area contributed by atoms with Crippen molar-refractivity contribution in [2.45, 2.75) is 33.1 Å². The van der Waals surface area contributed by atoms with Crippen LogP contribution in [0.3, 0.4) is 0 Å². The highest BCUT2D eigenvalue weighted by Gasteiger charge is 2.22. The Bertz CT molecular complexity index is 723. The van der Waals surface area contributed by atoms with E-state index in [-0.39, 0.29) is 11.4 Å². The third-order valence-corrected chi connectivity index (χ3v) is 4.53. The molecule has 0 aliphatic carbocycles. The maximum atomic E-state index is 12.3. The molecule has 1 fully saturated rings. The first-order valence-corrected chi connectivity index (χ1v) is 8.68. The van der Waals surface area contributed by atoms with Crippen LogP contribution in [0.2, 0.25) is 0 Å². The largest absolute Gasteiger partial charge is 0.368 e. The Morgan fingerprint density at radius 3 is 2.28 bits per heavy atom. The predicted molar refractivity (Wildman–Crippen MR) is 99.2 cm³/mol. The number of piperazine rings is 1. The van der Waals surface area contributed by atoms with Gasteiger partial charge in [-0.05, 0) is 30.0 Å². The van der Waals surface area contributed by atoms with Gasteiger partial charge >= 0.3 is 6.03 Å². The molecule has 0 bridgehead atoms. The fourth-order valence-corrected chi connectivity index (χ4v) is 2.95. The molecule has 3 rings (SSSR count). The van der Waals surface area contributed by atoms with Crippen LogP contribution in [0.15, 0.2) is 34.9 Å². The van der Waals surface area contributed by atoms with Crippen molar-refractivity contribution in [3.05, 3.63) is 41.7 Å². The lowest BCUT2D eigenvalue weighted by atomic mass is 9.87. The quantitative estimate of drug-likeness (QED) is 0.905. The number of hydrogen-bond donors (Lipinski definition) is 1. The highest BCUT2D eigenvalue weighted by molar-refractivity contribution is 5.88. The molecular weight excluding hydrogens is 316 g/mol. The van der Waals surface area contributed by atoms with E-state index in [1.54, 1.807) is 13.0 Å². The van der Waals surface area contributed by atoms with E-state index in [0.717, 1.165) is 13.1 Å². The predicted octanol–water partition coefficient (Wildman–Crippen LogP) is 3.63. The van der Waals surface area contributed by atoms with Crippen molar-refractivity contribution >= 4 is 17.5 Å². The Kier molecular flexibility index (Phi) is 4.70. The summed E-state index contributed by atoms with van der Waals surface area (Å²) in [6.45, 7) is 11.5. The first-order valence-electron chi connectivity index (χ1n) is 8.68. The second kappa shape index (κ2) is 6.78. The van der Waals surface area contributed by atoms with Gasteiger partial charge in [-0.1, -0.05) is 38.1 Å². The molecule has 2 amide bonds. The number of anilines is 2. The first-order chi connectivity index (χ1) is 11.8. The lowest BCUT2D eigenvalue weighted by Crippen LogP contribution is -2.50. The highest BCUT2D eigenvalue weighted by atomic mass is 16.5. The number of amides is 2. The fraction of sp³-hybridized carbons (Fsp3) is 0.474. The van der Waals surface area contributed by atoms with Gasteiger partial charge in [0.1, 0.15) is 5.76 Å². The van der Waals surface area contributed by atoms with E-state index < -0.39 is 0 Å². The zero-order chi connectivity index (χ0) is 18.0. The van der Waals surface area contributed by atoms with Crippen LogP contribution in [-0.2, 0) is 5.41 Å². The molecule has 1 aromatic heterocycles. The summed E-state index contributed by atoms with van der Waals surface area (Å²) in [5.41, 5.74) is 2.70. The molecule has 6 heteroatoms. The second-order valence-corrected chi connectivity index (χ2v) is 7.52. The van der Waals surface area contributed by atoms with Crippen LogP contribution in [0.25, 0.3) is 0 Å². The molecule has 1 N–H and O–H groups in total. The zero-order valence-corrected chi connectivity index (χ0v) is 15.4. The van der Waals surface area contributed by atoms with Crippen molar-refractivity contribution in [1.82, 2.24) is 10.1 Å². The molecule has 25 heavy (non-hydrogen) atoms. The lowest BCUT2D eigenvalue weighted by Gasteiger charge is -2.36. The van der Waals surface area contributed by atoms with E-state index >= 15 is 0 Å². The van der Waals surface area contributed by atoms with Crippen LogP contribution < -0.4 is 10.2 Å². The summed E-state index contributed by atoms with van der Waals surface area (Å²) in [6, 6.07) is 10.3. The topological polar surface area (TPSA) is 61.6 Å². The average molecular weight is 342 g/mol. The number of urea groups is 1. The van der Waals surface area contributed by atoms with Crippen molar-refractivity contribution in [2.24, 2.45) is 0 Å². The van der Waals surface area contributed by atoms with Gasteiger partial charge in [0.25, 0.3) is 0 Å². The summed E-state index contributed by atoms with van der Waals surface area (Å²) in [6.07, 6.45) is 0. The van der Waals surface area contributed by atoms with Gasteiger partial charge in [0.05, 0.1) is 0 Å².